The standard InChI is InChI=1S/C5H11O4/c1-4(7)3-9-5(8)2-6/h4-8H,1-3H2. The number of aliphatic hydroxyl groups excluding tert-OH is 3. The molecule has 4 heteroatoms. The van der Waals surface area contributed by atoms with Crippen LogP contribution in [0.4, 0.5) is 0 Å². The van der Waals surface area contributed by atoms with Gasteiger partial charge in [-0.2, -0.15) is 0 Å². The van der Waals surface area contributed by atoms with Crippen LogP contribution >= 0.6 is 0 Å². The van der Waals surface area contributed by atoms with E-state index in [0.29, 0.717) is 0 Å². The fourth-order valence-electron chi connectivity index (χ4n) is 0.275. The molecule has 9 heavy (non-hydrogen) atoms. The quantitative estimate of drug-likeness (QED) is 0.411. The van der Waals surface area contributed by atoms with Crippen LogP contribution in [0.2, 0.25) is 0 Å². The van der Waals surface area contributed by atoms with Crippen molar-refractivity contribution >= 4 is 0 Å². The Balaban J connectivity index is 3.06. The molecule has 0 aromatic rings. The van der Waals surface area contributed by atoms with Gasteiger partial charge in [0.2, 0.25) is 0 Å². The second-order valence-electron chi connectivity index (χ2n) is 1.62. The van der Waals surface area contributed by atoms with Gasteiger partial charge in [-0.25, -0.2) is 0 Å². The van der Waals surface area contributed by atoms with Crippen molar-refractivity contribution in [3.05, 3.63) is 6.92 Å². The summed E-state index contributed by atoms with van der Waals surface area (Å²) < 4.78 is 4.45. The topological polar surface area (TPSA) is 69.9 Å². The molecule has 0 saturated carbocycles. The van der Waals surface area contributed by atoms with Crippen LogP contribution in [-0.4, -0.2) is 40.9 Å². The first-order valence-electron chi connectivity index (χ1n) is 2.58. The molecule has 1 radical (unpaired) electrons. The van der Waals surface area contributed by atoms with Crippen molar-refractivity contribution < 1.29 is 20.1 Å². The molecule has 0 rings (SSSR count). The average Bonchev–Trinajstić information content (AvgIpc) is 1.83. The molecule has 3 N–H and O–H groups in total. The largest absolute Gasteiger partial charge is 0.391 e. The van der Waals surface area contributed by atoms with E-state index >= 15 is 0 Å². The van der Waals surface area contributed by atoms with E-state index < -0.39 is 19.0 Å². The Morgan fingerprint density at radius 3 is 2.33 bits per heavy atom. The normalized spacial score (nSPS) is 17.3. The van der Waals surface area contributed by atoms with Crippen LogP contribution in [0.5, 0.6) is 0 Å². The highest BCUT2D eigenvalue weighted by molar-refractivity contribution is 4.53. The third-order valence-electron chi connectivity index (χ3n) is 0.637. The molecule has 4 nitrogen and oxygen atoms in total. The van der Waals surface area contributed by atoms with Crippen LogP contribution in [0, 0.1) is 6.92 Å². The van der Waals surface area contributed by atoms with E-state index in [1.54, 1.807) is 0 Å². The molecule has 0 heterocycles. The minimum absolute atomic E-state index is 0.0677. The van der Waals surface area contributed by atoms with Crippen molar-refractivity contribution in [3.8, 4) is 0 Å². The van der Waals surface area contributed by atoms with E-state index in [0.717, 1.165) is 0 Å². The molecule has 2 atom stereocenters. The fraction of sp³-hybridized carbons (Fsp3) is 0.800. The number of hydrogen-bond donors (Lipinski definition) is 3. The van der Waals surface area contributed by atoms with Gasteiger partial charge in [0.1, 0.15) is 0 Å². The van der Waals surface area contributed by atoms with Gasteiger partial charge in [-0.1, -0.05) is 0 Å². The van der Waals surface area contributed by atoms with Gasteiger partial charge >= 0.3 is 0 Å². The van der Waals surface area contributed by atoms with Gasteiger partial charge in [-0.15, -0.1) is 0 Å². The molecule has 0 saturated heterocycles. The molecule has 0 aliphatic heterocycles. The molecular formula is C5H11O4. The highest BCUT2D eigenvalue weighted by Crippen LogP contribution is 1.87. The number of aliphatic hydroxyl groups is 3. The molecule has 0 bridgehead atoms. The summed E-state index contributed by atoms with van der Waals surface area (Å²) in [5.41, 5.74) is 0. The summed E-state index contributed by atoms with van der Waals surface area (Å²) in [5.74, 6) is 0. The molecule has 0 aliphatic carbocycles. The zero-order valence-corrected chi connectivity index (χ0v) is 5.03. The lowest BCUT2D eigenvalue weighted by Crippen LogP contribution is -2.22. The number of hydrogen-bond acceptors (Lipinski definition) is 4. The van der Waals surface area contributed by atoms with Gasteiger partial charge in [0.05, 0.1) is 19.3 Å². The molecule has 0 amide bonds. The van der Waals surface area contributed by atoms with Crippen molar-refractivity contribution in [3.63, 3.8) is 0 Å². The SMILES string of the molecule is [CH2]C(O)COC(O)CO. The third-order valence-corrected chi connectivity index (χ3v) is 0.637. The van der Waals surface area contributed by atoms with Gasteiger partial charge < -0.3 is 20.1 Å². The van der Waals surface area contributed by atoms with Crippen LogP contribution in [0.25, 0.3) is 0 Å². The van der Waals surface area contributed by atoms with Gasteiger partial charge in [-0.3, -0.25) is 0 Å². The molecule has 0 aromatic carbocycles. The Bertz CT molecular complexity index is 64.0. The summed E-state index contributed by atoms with van der Waals surface area (Å²) >= 11 is 0. The first kappa shape index (κ1) is 8.84. The van der Waals surface area contributed by atoms with E-state index in [1.807, 2.05) is 0 Å². The Labute approximate surface area is 53.7 Å². The minimum Gasteiger partial charge on any atom is -0.391 e. The summed E-state index contributed by atoms with van der Waals surface area (Å²) in [7, 11) is 0. The first-order valence-corrected chi connectivity index (χ1v) is 2.58. The Kier molecular flexibility index (Phi) is 4.61. The fourth-order valence-corrected chi connectivity index (χ4v) is 0.275. The highest BCUT2D eigenvalue weighted by Gasteiger charge is 2.02. The van der Waals surface area contributed by atoms with Gasteiger partial charge in [0.15, 0.2) is 6.29 Å². The molecule has 55 valence electrons. The maximum Gasteiger partial charge on any atom is 0.177 e. The second kappa shape index (κ2) is 4.69. The smallest absolute Gasteiger partial charge is 0.177 e. The summed E-state index contributed by atoms with van der Waals surface area (Å²) in [5, 5.41) is 25.1. The van der Waals surface area contributed by atoms with E-state index in [2.05, 4.69) is 11.7 Å². The van der Waals surface area contributed by atoms with Gasteiger partial charge in [0.25, 0.3) is 0 Å². The molecule has 0 aromatic heterocycles. The average molecular weight is 135 g/mol. The lowest BCUT2D eigenvalue weighted by Gasteiger charge is -2.09. The van der Waals surface area contributed by atoms with Crippen LogP contribution in [0.15, 0.2) is 0 Å². The van der Waals surface area contributed by atoms with Crippen LogP contribution in [0.3, 0.4) is 0 Å². The summed E-state index contributed by atoms with van der Waals surface area (Å²) in [6.45, 7) is 2.65. The lowest BCUT2D eigenvalue weighted by molar-refractivity contribution is -0.137. The minimum atomic E-state index is -1.21. The van der Waals surface area contributed by atoms with Crippen molar-refractivity contribution in [2.45, 2.75) is 12.4 Å². The molecule has 2 unspecified atom stereocenters. The number of rotatable bonds is 4. The van der Waals surface area contributed by atoms with E-state index in [-0.39, 0.29) is 6.61 Å². The van der Waals surface area contributed by atoms with Crippen molar-refractivity contribution in [2.24, 2.45) is 0 Å². The zero-order chi connectivity index (χ0) is 7.28. The molecular weight excluding hydrogens is 124 g/mol. The monoisotopic (exact) mass is 135 g/mol. The van der Waals surface area contributed by atoms with Crippen molar-refractivity contribution in [1.29, 1.82) is 0 Å². The number of ether oxygens (including phenoxy) is 1. The highest BCUT2D eigenvalue weighted by atomic mass is 16.6. The van der Waals surface area contributed by atoms with Crippen LogP contribution in [-0.2, 0) is 4.74 Å². The molecule has 0 aliphatic rings. The predicted molar refractivity (Wildman–Crippen MR) is 30.4 cm³/mol. The van der Waals surface area contributed by atoms with Crippen LogP contribution in [0.1, 0.15) is 0 Å². The Morgan fingerprint density at radius 1 is 1.44 bits per heavy atom. The van der Waals surface area contributed by atoms with E-state index in [4.69, 9.17) is 15.3 Å². The summed E-state index contributed by atoms with van der Waals surface area (Å²) in [4.78, 5) is 0. The zero-order valence-electron chi connectivity index (χ0n) is 5.03. The molecule has 0 fully saturated rings. The maximum absolute atomic E-state index is 8.50. The third kappa shape index (κ3) is 5.72. The lowest BCUT2D eigenvalue weighted by atomic mass is 10.4. The molecule has 0 spiro atoms. The van der Waals surface area contributed by atoms with Gasteiger partial charge in [0, 0.05) is 0 Å². The van der Waals surface area contributed by atoms with E-state index in [9.17, 15) is 0 Å². The van der Waals surface area contributed by atoms with Gasteiger partial charge in [-0.05, 0) is 6.92 Å². The Morgan fingerprint density at radius 2 is 2.00 bits per heavy atom. The second-order valence-corrected chi connectivity index (χ2v) is 1.62. The van der Waals surface area contributed by atoms with Crippen molar-refractivity contribution in [2.75, 3.05) is 13.2 Å². The predicted octanol–water partition coefficient (Wildman–Crippen LogP) is -1.49. The first-order chi connectivity index (χ1) is 4.16. The summed E-state index contributed by atoms with van der Waals surface area (Å²) in [6, 6.07) is 0. The van der Waals surface area contributed by atoms with Crippen molar-refractivity contribution in [1.82, 2.24) is 0 Å². The summed E-state index contributed by atoms with van der Waals surface area (Å²) in [6.07, 6.45) is -2.06. The van der Waals surface area contributed by atoms with Crippen LogP contribution < -0.4 is 0 Å². The van der Waals surface area contributed by atoms with E-state index in [1.165, 1.54) is 0 Å². The maximum atomic E-state index is 8.50. The Hall–Kier alpha value is -0.160.